The van der Waals surface area contributed by atoms with Gasteiger partial charge in [0.1, 0.15) is 0 Å². The van der Waals surface area contributed by atoms with Crippen molar-refractivity contribution in [1.82, 2.24) is 9.88 Å². The molecule has 1 aromatic rings. The van der Waals surface area contributed by atoms with Crippen LogP contribution in [0.25, 0.3) is 0 Å². The van der Waals surface area contributed by atoms with Crippen LogP contribution in [0.4, 0.5) is 0 Å². The van der Waals surface area contributed by atoms with Crippen LogP contribution in [-0.4, -0.2) is 33.7 Å². The lowest BCUT2D eigenvalue weighted by Gasteiger charge is -2.47. The Balaban J connectivity index is 1.67. The summed E-state index contributed by atoms with van der Waals surface area (Å²) in [6.45, 7) is 5.12. The minimum atomic E-state index is -0.362. The van der Waals surface area contributed by atoms with Gasteiger partial charge in [-0.05, 0) is 37.8 Å². The SMILES string of the molecule is Cc1ncccc1CN1CCC2(O)CCCCC2C1. The highest BCUT2D eigenvalue weighted by molar-refractivity contribution is 5.18. The lowest BCUT2D eigenvalue weighted by atomic mass is 9.71. The minimum Gasteiger partial charge on any atom is -0.390 e. The summed E-state index contributed by atoms with van der Waals surface area (Å²) in [5.74, 6) is 0.479. The summed E-state index contributed by atoms with van der Waals surface area (Å²) >= 11 is 0. The number of aryl methyl sites for hydroxylation is 1. The number of aliphatic hydroxyl groups is 1. The first-order valence-electron chi connectivity index (χ1n) is 7.53. The third kappa shape index (κ3) is 2.67. The van der Waals surface area contributed by atoms with E-state index in [1.807, 2.05) is 12.3 Å². The Labute approximate surface area is 115 Å². The molecule has 3 nitrogen and oxygen atoms in total. The summed E-state index contributed by atoms with van der Waals surface area (Å²) < 4.78 is 0. The van der Waals surface area contributed by atoms with Gasteiger partial charge in [-0.15, -0.1) is 0 Å². The summed E-state index contributed by atoms with van der Waals surface area (Å²) in [5, 5.41) is 10.7. The summed E-state index contributed by atoms with van der Waals surface area (Å²) in [6, 6.07) is 4.19. The fourth-order valence-corrected chi connectivity index (χ4v) is 3.71. The highest BCUT2D eigenvalue weighted by Gasteiger charge is 2.42. The fourth-order valence-electron chi connectivity index (χ4n) is 3.71. The second kappa shape index (κ2) is 5.22. The van der Waals surface area contributed by atoms with Crippen molar-refractivity contribution in [3.63, 3.8) is 0 Å². The Morgan fingerprint density at radius 3 is 3.16 bits per heavy atom. The molecule has 2 unspecified atom stereocenters. The first-order valence-corrected chi connectivity index (χ1v) is 7.53. The Bertz CT molecular complexity index is 448. The Morgan fingerprint density at radius 2 is 2.32 bits per heavy atom. The van der Waals surface area contributed by atoms with Crippen LogP contribution in [0.15, 0.2) is 18.3 Å². The fraction of sp³-hybridized carbons (Fsp3) is 0.688. The number of piperidine rings is 1. The number of pyridine rings is 1. The lowest BCUT2D eigenvalue weighted by molar-refractivity contribution is -0.0968. The van der Waals surface area contributed by atoms with Gasteiger partial charge in [-0.25, -0.2) is 0 Å². The molecular weight excluding hydrogens is 236 g/mol. The molecule has 0 spiro atoms. The normalized spacial score (nSPS) is 32.0. The Hall–Kier alpha value is -0.930. The predicted molar refractivity (Wildman–Crippen MR) is 75.8 cm³/mol. The van der Waals surface area contributed by atoms with Crippen molar-refractivity contribution in [3.05, 3.63) is 29.6 Å². The molecule has 0 radical (unpaired) electrons. The van der Waals surface area contributed by atoms with E-state index < -0.39 is 0 Å². The third-order valence-corrected chi connectivity index (χ3v) is 5.02. The standard InChI is InChI=1S/C16H24N2O/c1-13-14(5-4-9-17-13)11-18-10-8-16(19)7-3-2-6-15(16)12-18/h4-5,9,15,19H,2-3,6-8,10-12H2,1H3. The molecule has 1 aromatic heterocycles. The van der Waals surface area contributed by atoms with Crippen molar-refractivity contribution in [2.75, 3.05) is 13.1 Å². The largest absolute Gasteiger partial charge is 0.390 e. The molecule has 1 saturated carbocycles. The third-order valence-electron chi connectivity index (χ3n) is 5.02. The Kier molecular flexibility index (Phi) is 3.59. The molecule has 2 aliphatic rings. The highest BCUT2D eigenvalue weighted by atomic mass is 16.3. The van der Waals surface area contributed by atoms with E-state index in [0.29, 0.717) is 5.92 Å². The maximum atomic E-state index is 10.7. The molecule has 1 saturated heterocycles. The minimum absolute atomic E-state index is 0.362. The van der Waals surface area contributed by atoms with E-state index in [-0.39, 0.29) is 5.60 Å². The molecule has 0 amide bonds. The molecule has 1 N–H and O–H groups in total. The molecule has 2 heterocycles. The molecular formula is C16H24N2O. The maximum absolute atomic E-state index is 10.7. The predicted octanol–water partition coefficient (Wildman–Crippen LogP) is 2.52. The van der Waals surface area contributed by atoms with Crippen molar-refractivity contribution in [2.24, 2.45) is 5.92 Å². The number of rotatable bonds is 2. The van der Waals surface area contributed by atoms with E-state index in [1.165, 1.54) is 24.8 Å². The van der Waals surface area contributed by atoms with Crippen molar-refractivity contribution in [2.45, 2.75) is 51.2 Å². The van der Waals surface area contributed by atoms with Gasteiger partial charge in [0.05, 0.1) is 5.60 Å². The van der Waals surface area contributed by atoms with E-state index in [2.05, 4.69) is 22.9 Å². The van der Waals surface area contributed by atoms with Crippen LogP contribution >= 0.6 is 0 Å². The summed E-state index contributed by atoms with van der Waals surface area (Å²) in [7, 11) is 0. The average molecular weight is 260 g/mol. The molecule has 0 aromatic carbocycles. The van der Waals surface area contributed by atoms with Gasteiger partial charge in [0, 0.05) is 37.4 Å². The molecule has 1 aliphatic heterocycles. The molecule has 2 atom stereocenters. The van der Waals surface area contributed by atoms with Crippen molar-refractivity contribution in [1.29, 1.82) is 0 Å². The van der Waals surface area contributed by atoms with Crippen LogP contribution in [0.1, 0.15) is 43.4 Å². The van der Waals surface area contributed by atoms with Crippen LogP contribution in [0, 0.1) is 12.8 Å². The van der Waals surface area contributed by atoms with Crippen molar-refractivity contribution in [3.8, 4) is 0 Å². The first-order chi connectivity index (χ1) is 9.17. The quantitative estimate of drug-likeness (QED) is 0.887. The summed E-state index contributed by atoms with van der Waals surface area (Å²) in [5.41, 5.74) is 2.09. The zero-order chi connectivity index (χ0) is 13.3. The molecule has 3 heteroatoms. The number of hydrogen-bond donors (Lipinski definition) is 1. The number of likely N-dealkylation sites (tertiary alicyclic amines) is 1. The average Bonchev–Trinajstić information content (AvgIpc) is 2.41. The molecule has 19 heavy (non-hydrogen) atoms. The summed E-state index contributed by atoms with van der Waals surface area (Å²) in [4.78, 5) is 6.86. The number of fused-ring (bicyclic) bond motifs is 1. The Morgan fingerprint density at radius 1 is 1.42 bits per heavy atom. The van der Waals surface area contributed by atoms with E-state index in [4.69, 9.17) is 0 Å². The van der Waals surface area contributed by atoms with Gasteiger partial charge in [-0.2, -0.15) is 0 Å². The van der Waals surface area contributed by atoms with Crippen LogP contribution < -0.4 is 0 Å². The van der Waals surface area contributed by atoms with E-state index >= 15 is 0 Å². The van der Waals surface area contributed by atoms with Crippen LogP contribution in [0.5, 0.6) is 0 Å². The van der Waals surface area contributed by atoms with E-state index in [1.54, 1.807) is 0 Å². The molecule has 3 rings (SSSR count). The molecule has 104 valence electrons. The smallest absolute Gasteiger partial charge is 0.0700 e. The molecule has 1 aliphatic carbocycles. The second-order valence-corrected chi connectivity index (χ2v) is 6.28. The van der Waals surface area contributed by atoms with E-state index in [0.717, 1.165) is 38.2 Å². The van der Waals surface area contributed by atoms with Gasteiger partial charge in [0.15, 0.2) is 0 Å². The van der Waals surface area contributed by atoms with Gasteiger partial charge in [0.25, 0.3) is 0 Å². The zero-order valence-corrected chi connectivity index (χ0v) is 11.8. The topological polar surface area (TPSA) is 36.4 Å². The van der Waals surface area contributed by atoms with Gasteiger partial charge >= 0.3 is 0 Å². The van der Waals surface area contributed by atoms with Gasteiger partial charge in [0.2, 0.25) is 0 Å². The number of hydrogen-bond acceptors (Lipinski definition) is 3. The lowest BCUT2D eigenvalue weighted by Crippen LogP contribution is -2.53. The molecule has 0 bridgehead atoms. The van der Waals surface area contributed by atoms with Crippen molar-refractivity contribution < 1.29 is 5.11 Å². The molecule has 2 fully saturated rings. The maximum Gasteiger partial charge on any atom is 0.0700 e. The van der Waals surface area contributed by atoms with Gasteiger partial charge in [-0.3, -0.25) is 9.88 Å². The first kappa shape index (κ1) is 13.1. The second-order valence-electron chi connectivity index (χ2n) is 6.28. The summed E-state index contributed by atoms with van der Waals surface area (Å²) in [6.07, 6.45) is 7.49. The zero-order valence-electron chi connectivity index (χ0n) is 11.8. The highest BCUT2D eigenvalue weighted by Crippen LogP contribution is 2.40. The van der Waals surface area contributed by atoms with Gasteiger partial charge in [-0.1, -0.05) is 18.9 Å². The van der Waals surface area contributed by atoms with E-state index in [9.17, 15) is 5.11 Å². The number of nitrogens with zero attached hydrogens (tertiary/aromatic N) is 2. The van der Waals surface area contributed by atoms with Crippen LogP contribution in [0.2, 0.25) is 0 Å². The van der Waals surface area contributed by atoms with Crippen LogP contribution in [0.3, 0.4) is 0 Å². The monoisotopic (exact) mass is 260 g/mol. The number of aromatic nitrogens is 1. The van der Waals surface area contributed by atoms with Gasteiger partial charge < -0.3 is 5.11 Å². The van der Waals surface area contributed by atoms with Crippen LogP contribution in [-0.2, 0) is 6.54 Å². The van der Waals surface area contributed by atoms with Crippen molar-refractivity contribution >= 4 is 0 Å².